The van der Waals surface area contributed by atoms with E-state index in [1.54, 1.807) is 49.9 Å². The molecule has 1 aromatic carbocycles. The number of furan rings is 1. The van der Waals surface area contributed by atoms with E-state index < -0.39 is 36.0 Å². The van der Waals surface area contributed by atoms with Crippen molar-refractivity contribution in [1.82, 2.24) is 15.5 Å². The van der Waals surface area contributed by atoms with Crippen LogP contribution in [0.2, 0.25) is 0 Å². The molecular weight excluding hydrogens is 657 g/mol. The molecule has 2 aromatic rings. The second-order valence-corrected chi connectivity index (χ2v) is 15.2. The van der Waals surface area contributed by atoms with E-state index in [2.05, 4.69) is 10.6 Å². The number of primary amides is 1. The number of carbonyl (C=O) groups excluding carboxylic acids is 4. The number of nitrogens with one attached hydrogen (secondary N) is 2. The number of hydrogen-bond acceptors (Lipinski definition) is 10. The van der Waals surface area contributed by atoms with Crippen LogP contribution < -0.4 is 21.1 Å². The molecule has 2 aliphatic carbocycles. The molecule has 1 aliphatic heterocycles. The Balaban J connectivity index is 1.31. The average Bonchev–Trinajstić information content (AvgIpc) is 3.78. The Kier molecular flexibility index (Phi) is 10.7. The number of amides is 4. The van der Waals surface area contributed by atoms with Crippen LogP contribution in [0.3, 0.4) is 0 Å². The van der Waals surface area contributed by atoms with Gasteiger partial charge in [-0.15, -0.1) is 0 Å². The van der Waals surface area contributed by atoms with Gasteiger partial charge in [-0.3, -0.25) is 19.3 Å². The molecule has 4 amide bonds. The molecule has 0 spiro atoms. The summed E-state index contributed by atoms with van der Waals surface area (Å²) >= 11 is 6.94. The minimum atomic E-state index is -1.39. The minimum absolute atomic E-state index is 0.0351. The van der Waals surface area contributed by atoms with Gasteiger partial charge in [-0.1, -0.05) is 30.4 Å². The Morgan fingerprint density at radius 3 is 2.62 bits per heavy atom. The van der Waals surface area contributed by atoms with Gasteiger partial charge in [0.2, 0.25) is 5.91 Å². The molecule has 0 radical (unpaired) electrons. The Hall–Kier alpha value is -4.04. The summed E-state index contributed by atoms with van der Waals surface area (Å²) in [6.45, 7) is 5.44. The second kappa shape index (κ2) is 14.6. The average molecular weight is 699 g/mol. The fourth-order valence-electron chi connectivity index (χ4n) is 6.59. The zero-order chi connectivity index (χ0) is 34.7. The number of rotatable bonds is 12. The van der Waals surface area contributed by atoms with E-state index in [-0.39, 0.29) is 24.2 Å². The van der Waals surface area contributed by atoms with E-state index in [9.17, 15) is 24.3 Å². The number of fused-ring (bicyclic) bond motifs is 2. The summed E-state index contributed by atoms with van der Waals surface area (Å²) in [5, 5.41) is 16.0. The first-order valence-electron chi connectivity index (χ1n) is 16.0. The Bertz CT molecular complexity index is 1630. The summed E-state index contributed by atoms with van der Waals surface area (Å²) in [5.74, 6) is 0.852. The molecule has 4 atom stereocenters. The van der Waals surface area contributed by atoms with Gasteiger partial charge in [-0.25, -0.2) is 4.79 Å². The molecule has 2 saturated carbocycles. The summed E-state index contributed by atoms with van der Waals surface area (Å²) in [7, 11) is 1.51. The lowest BCUT2D eigenvalue weighted by atomic mass is 9.94. The van der Waals surface area contributed by atoms with Crippen LogP contribution in [0.5, 0.6) is 11.5 Å². The SMILES string of the molecule is COc1ccc(-c2cc(CCCNC(=O)[C@H](CC(N)=O)OC(=O)NC(C)(C)C)c(/C=C3\SC(=S)N([C@H]4C[C@H]5CC[C@H]4C5)C3=O)o2)c(O)c1. The number of thiocarbonyl (C=S) groups is 1. The number of carbonyl (C=O) groups is 4. The Morgan fingerprint density at radius 1 is 1.23 bits per heavy atom. The van der Waals surface area contributed by atoms with Gasteiger partial charge in [0.25, 0.3) is 11.8 Å². The molecule has 5 N–H and O–H groups in total. The number of benzene rings is 1. The zero-order valence-corrected chi connectivity index (χ0v) is 29.1. The van der Waals surface area contributed by atoms with Crippen LogP contribution in [0.1, 0.15) is 70.6 Å². The number of nitrogens with two attached hydrogens (primary N) is 1. The lowest BCUT2D eigenvalue weighted by molar-refractivity contribution is -0.133. The smallest absolute Gasteiger partial charge is 0.408 e. The number of thioether (sulfide) groups is 1. The maximum Gasteiger partial charge on any atom is 0.408 e. The first-order chi connectivity index (χ1) is 22.7. The largest absolute Gasteiger partial charge is 0.507 e. The van der Waals surface area contributed by atoms with E-state index in [0.717, 1.165) is 24.8 Å². The quantitative estimate of drug-likeness (QED) is 0.136. The molecule has 1 aromatic heterocycles. The fourth-order valence-corrected chi connectivity index (χ4v) is 7.94. The molecule has 3 aliphatic rings. The molecule has 3 fully saturated rings. The predicted molar refractivity (Wildman–Crippen MR) is 185 cm³/mol. The molecule has 2 bridgehead atoms. The molecular formula is C34H42N4O8S2. The first kappa shape index (κ1) is 35.3. The highest BCUT2D eigenvalue weighted by Gasteiger charge is 2.48. The van der Waals surface area contributed by atoms with E-state index in [1.807, 2.05) is 0 Å². The van der Waals surface area contributed by atoms with Crippen molar-refractivity contribution in [3.8, 4) is 22.8 Å². The lowest BCUT2D eigenvalue weighted by Gasteiger charge is -2.30. The third-order valence-corrected chi connectivity index (χ3v) is 10.1. The summed E-state index contributed by atoms with van der Waals surface area (Å²) in [5.41, 5.74) is 5.88. The van der Waals surface area contributed by atoms with Crippen LogP contribution in [0, 0.1) is 11.8 Å². The molecule has 14 heteroatoms. The van der Waals surface area contributed by atoms with Gasteiger partial charge in [0, 0.05) is 30.3 Å². The number of phenolic OH excluding ortho intramolecular Hbond substituents is 1. The van der Waals surface area contributed by atoms with Crippen molar-refractivity contribution in [3.63, 3.8) is 0 Å². The van der Waals surface area contributed by atoms with Crippen LogP contribution in [0.25, 0.3) is 17.4 Å². The standard InChI is InChI=1S/C34H42N4O8S2/c1-34(2,3)37-32(43)46-27(17-29(35)40)30(41)36-11-5-6-20-14-26(22-10-9-21(44-4)15-24(22)39)45-25(20)16-28-31(42)38(33(47)48-28)23-13-18-7-8-19(23)12-18/h9-10,14-16,18-19,23,27,39H,5-8,11-13,17H2,1-4H3,(H2,35,40)(H,36,41)(H,37,43)/b28-16-/t18-,19-,23-,27-/m0/s1. The van der Waals surface area contributed by atoms with Gasteiger partial charge in [0.1, 0.15) is 27.3 Å². The first-order valence-corrected chi connectivity index (χ1v) is 17.3. The van der Waals surface area contributed by atoms with Crippen molar-refractivity contribution in [3.05, 3.63) is 40.5 Å². The normalized spacial score (nSPS) is 21.9. The molecule has 5 rings (SSSR count). The van der Waals surface area contributed by atoms with Gasteiger partial charge in [-0.05, 0) is 88.5 Å². The lowest BCUT2D eigenvalue weighted by Crippen LogP contribution is -2.46. The van der Waals surface area contributed by atoms with Gasteiger partial charge < -0.3 is 35.4 Å². The van der Waals surface area contributed by atoms with E-state index in [0.29, 0.717) is 56.7 Å². The number of nitrogens with zero attached hydrogens (tertiary/aromatic N) is 1. The van der Waals surface area contributed by atoms with Crippen LogP contribution in [0.15, 0.2) is 33.6 Å². The monoisotopic (exact) mass is 698 g/mol. The van der Waals surface area contributed by atoms with E-state index >= 15 is 0 Å². The van der Waals surface area contributed by atoms with Gasteiger partial charge in [-0.2, -0.15) is 0 Å². The van der Waals surface area contributed by atoms with Crippen molar-refractivity contribution in [2.75, 3.05) is 13.7 Å². The number of phenols is 1. The third kappa shape index (κ3) is 8.32. The molecule has 48 heavy (non-hydrogen) atoms. The summed E-state index contributed by atoms with van der Waals surface area (Å²) in [6, 6.07) is 6.81. The Morgan fingerprint density at radius 2 is 2.00 bits per heavy atom. The maximum absolute atomic E-state index is 13.7. The summed E-state index contributed by atoms with van der Waals surface area (Å²) < 4.78 is 17.2. The zero-order valence-electron chi connectivity index (χ0n) is 27.5. The van der Waals surface area contributed by atoms with Crippen LogP contribution in [0.4, 0.5) is 4.79 Å². The molecule has 258 valence electrons. The van der Waals surface area contributed by atoms with Crippen LogP contribution >= 0.6 is 24.0 Å². The van der Waals surface area contributed by atoms with Gasteiger partial charge >= 0.3 is 6.09 Å². The number of ether oxygens (including phenoxy) is 2. The highest BCUT2D eigenvalue weighted by molar-refractivity contribution is 8.26. The van der Waals surface area contributed by atoms with Gasteiger partial charge in [0.05, 0.1) is 24.0 Å². The maximum atomic E-state index is 13.7. The number of aryl methyl sites for hydroxylation is 1. The third-order valence-electron chi connectivity index (χ3n) is 8.76. The van der Waals surface area contributed by atoms with E-state index in [1.165, 1.54) is 31.4 Å². The number of methoxy groups -OCH3 is 1. The van der Waals surface area contributed by atoms with Crippen LogP contribution in [-0.2, 0) is 25.5 Å². The van der Waals surface area contributed by atoms with E-state index in [4.69, 9.17) is 31.8 Å². The molecule has 2 heterocycles. The van der Waals surface area contributed by atoms with Crippen molar-refractivity contribution >= 4 is 58.2 Å². The van der Waals surface area contributed by atoms with Crippen LogP contribution in [-0.4, -0.2) is 69.5 Å². The highest BCUT2D eigenvalue weighted by Crippen LogP contribution is 2.49. The topological polar surface area (TPSA) is 173 Å². The number of alkyl carbamates (subject to hydrolysis) is 1. The summed E-state index contributed by atoms with van der Waals surface area (Å²) in [4.78, 5) is 52.6. The van der Waals surface area contributed by atoms with Crippen molar-refractivity contribution in [2.24, 2.45) is 17.6 Å². The minimum Gasteiger partial charge on any atom is -0.507 e. The van der Waals surface area contributed by atoms with Crippen molar-refractivity contribution in [2.45, 2.75) is 83.4 Å². The fraction of sp³-hybridized carbons (Fsp3) is 0.500. The van der Waals surface area contributed by atoms with Gasteiger partial charge in [0.15, 0.2) is 6.10 Å². The van der Waals surface area contributed by atoms with Crippen molar-refractivity contribution < 1.29 is 38.2 Å². The molecule has 1 saturated heterocycles. The Labute approximate surface area is 289 Å². The summed E-state index contributed by atoms with van der Waals surface area (Å²) in [6.07, 6.45) is 4.33. The highest BCUT2D eigenvalue weighted by atomic mass is 32.2. The second-order valence-electron chi connectivity index (χ2n) is 13.5. The predicted octanol–water partition coefficient (Wildman–Crippen LogP) is 4.87. The molecule has 0 unspecified atom stereocenters. The van der Waals surface area contributed by atoms with Crippen molar-refractivity contribution in [1.29, 1.82) is 0 Å². The number of hydrogen-bond donors (Lipinski definition) is 4. The number of aromatic hydroxyl groups is 1. The molecule has 12 nitrogen and oxygen atoms in total.